The van der Waals surface area contributed by atoms with Gasteiger partial charge in [0, 0.05) is 25.9 Å². The standard InChI is InChI=1S/C13H21N3O2/c1-16(2)9-10-4-6-11(7-5-10)15-13(17)12(8-14)18-3/h4-7,12H,8-9,14H2,1-3H3,(H,15,17). The fourth-order valence-corrected chi connectivity index (χ4v) is 1.59. The lowest BCUT2D eigenvalue weighted by Crippen LogP contribution is -2.35. The molecule has 5 heteroatoms. The van der Waals surface area contributed by atoms with E-state index in [1.54, 1.807) is 0 Å². The van der Waals surface area contributed by atoms with Crippen LogP contribution in [0.2, 0.25) is 0 Å². The summed E-state index contributed by atoms with van der Waals surface area (Å²) in [6.45, 7) is 1.04. The molecule has 5 nitrogen and oxygen atoms in total. The van der Waals surface area contributed by atoms with Gasteiger partial charge in [0.05, 0.1) is 0 Å². The molecule has 0 aliphatic carbocycles. The molecule has 18 heavy (non-hydrogen) atoms. The van der Waals surface area contributed by atoms with Gasteiger partial charge >= 0.3 is 0 Å². The van der Waals surface area contributed by atoms with E-state index >= 15 is 0 Å². The second kappa shape index (κ2) is 7.10. The van der Waals surface area contributed by atoms with Gasteiger partial charge in [-0.2, -0.15) is 0 Å². The number of nitrogens with one attached hydrogen (secondary N) is 1. The third kappa shape index (κ3) is 4.44. The Morgan fingerprint density at radius 2 is 2.00 bits per heavy atom. The van der Waals surface area contributed by atoms with E-state index in [9.17, 15) is 4.79 Å². The molecule has 0 fully saturated rings. The highest BCUT2D eigenvalue weighted by Crippen LogP contribution is 2.11. The number of nitrogens with zero attached hydrogens (tertiary/aromatic N) is 1. The van der Waals surface area contributed by atoms with Crippen molar-refractivity contribution in [3.8, 4) is 0 Å². The van der Waals surface area contributed by atoms with Crippen molar-refractivity contribution in [3.05, 3.63) is 29.8 Å². The molecule has 0 saturated carbocycles. The molecule has 1 atom stereocenters. The summed E-state index contributed by atoms with van der Waals surface area (Å²) in [5, 5.41) is 2.77. The average molecular weight is 251 g/mol. The van der Waals surface area contributed by atoms with Crippen molar-refractivity contribution in [2.75, 3.05) is 33.1 Å². The Morgan fingerprint density at radius 3 is 2.44 bits per heavy atom. The monoisotopic (exact) mass is 251 g/mol. The number of methoxy groups -OCH3 is 1. The largest absolute Gasteiger partial charge is 0.370 e. The van der Waals surface area contributed by atoms with Crippen molar-refractivity contribution in [1.29, 1.82) is 0 Å². The molecule has 0 aliphatic rings. The van der Waals surface area contributed by atoms with E-state index < -0.39 is 6.10 Å². The van der Waals surface area contributed by atoms with Gasteiger partial charge in [-0.25, -0.2) is 0 Å². The van der Waals surface area contributed by atoms with Gasteiger partial charge < -0.3 is 20.7 Å². The van der Waals surface area contributed by atoms with Crippen LogP contribution in [0.3, 0.4) is 0 Å². The molecule has 1 amide bonds. The molecule has 1 aromatic carbocycles. The number of benzene rings is 1. The maximum absolute atomic E-state index is 11.7. The van der Waals surface area contributed by atoms with Crippen molar-refractivity contribution in [2.24, 2.45) is 5.73 Å². The van der Waals surface area contributed by atoms with E-state index in [0.717, 1.165) is 12.2 Å². The number of hydrogen-bond acceptors (Lipinski definition) is 4. The summed E-state index contributed by atoms with van der Waals surface area (Å²) >= 11 is 0. The van der Waals surface area contributed by atoms with Crippen LogP contribution in [-0.4, -0.2) is 44.7 Å². The number of nitrogens with two attached hydrogens (primary N) is 1. The first-order valence-electron chi connectivity index (χ1n) is 5.84. The summed E-state index contributed by atoms with van der Waals surface area (Å²) in [6.07, 6.45) is -0.605. The van der Waals surface area contributed by atoms with Gasteiger partial charge in [-0.1, -0.05) is 12.1 Å². The molecule has 0 bridgehead atoms. The number of carbonyl (C=O) groups excluding carboxylic acids is 1. The highest BCUT2D eigenvalue weighted by Gasteiger charge is 2.15. The van der Waals surface area contributed by atoms with Gasteiger partial charge in [0.15, 0.2) is 0 Å². The summed E-state index contributed by atoms with van der Waals surface area (Å²) in [4.78, 5) is 13.8. The van der Waals surface area contributed by atoms with Crippen LogP contribution in [0, 0.1) is 0 Å². The predicted molar refractivity (Wildman–Crippen MR) is 72.3 cm³/mol. The third-order valence-corrected chi connectivity index (χ3v) is 2.51. The van der Waals surface area contributed by atoms with Crippen LogP contribution < -0.4 is 11.1 Å². The molecule has 0 radical (unpaired) electrons. The first kappa shape index (κ1) is 14.6. The van der Waals surface area contributed by atoms with Crippen LogP contribution in [-0.2, 0) is 16.1 Å². The van der Waals surface area contributed by atoms with Crippen molar-refractivity contribution >= 4 is 11.6 Å². The highest BCUT2D eigenvalue weighted by atomic mass is 16.5. The minimum atomic E-state index is -0.605. The number of ether oxygens (including phenoxy) is 1. The van der Waals surface area contributed by atoms with Crippen molar-refractivity contribution in [3.63, 3.8) is 0 Å². The lowest BCUT2D eigenvalue weighted by molar-refractivity contribution is -0.125. The first-order valence-corrected chi connectivity index (χ1v) is 5.84. The van der Waals surface area contributed by atoms with Crippen LogP contribution in [0.5, 0.6) is 0 Å². The van der Waals surface area contributed by atoms with E-state index in [0.29, 0.717) is 0 Å². The topological polar surface area (TPSA) is 67.6 Å². The second-order valence-electron chi connectivity index (χ2n) is 4.38. The van der Waals surface area contributed by atoms with Crippen molar-refractivity contribution in [1.82, 2.24) is 4.90 Å². The van der Waals surface area contributed by atoms with Crippen LogP contribution in [0.15, 0.2) is 24.3 Å². The molecule has 0 heterocycles. The lowest BCUT2D eigenvalue weighted by atomic mass is 10.2. The van der Waals surface area contributed by atoms with E-state index in [4.69, 9.17) is 10.5 Å². The number of amides is 1. The predicted octanol–water partition coefficient (Wildman–Crippen LogP) is 0.660. The number of hydrogen-bond donors (Lipinski definition) is 2. The van der Waals surface area contributed by atoms with Gasteiger partial charge in [-0.3, -0.25) is 4.79 Å². The number of anilines is 1. The summed E-state index contributed by atoms with van der Waals surface area (Å²) in [5.74, 6) is -0.222. The summed E-state index contributed by atoms with van der Waals surface area (Å²) < 4.78 is 4.97. The van der Waals surface area contributed by atoms with Crippen molar-refractivity contribution < 1.29 is 9.53 Å². The zero-order valence-electron chi connectivity index (χ0n) is 11.1. The number of carbonyl (C=O) groups is 1. The molecule has 1 unspecified atom stereocenters. The molecule has 100 valence electrons. The average Bonchev–Trinajstić information content (AvgIpc) is 2.32. The Bertz CT molecular complexity index is 372. The maximum Gasteiger partial charge on any atom is 0.254 e. The van der Waals surface area contributed by atoms with E-state index in [2.05, 4.69) is 10.2 Å². The zero-order chi connectivity index (χ0) is 13.5. The number of rotatable bonds is 6. The van der Waals surface area contributed by atoms with Gasteiger partial charge in [-0.15, -0.1) is 0 Å². The third-order valence-electron chi connectivity index (χ3n) is 2.51. The maximum atomic E-state index is 11.7. The Kier molecular flexibility index (Phi) is 5.77. The van der Waals surface area contributed by atoms with Crippen molar-refractivity contribution in [2.45, 2.75) is 12.6 Å². The molecular formula is C13H21N3O2. The Morgan fingerprint density at radius 1 is 1.39 bits per heavy atom. The molecule has 0 aromatic heterocycles. The summed E-state index contributed by atoms with van der Waals surface area (Å²) in [5.41, 5.74) is 7.37. The molecule has 0 spiro atoms. The molecule has 0 aliphatic heterocycles. The van der Waals surface area contributed by atoms with E-state index in [1.807, 2.05) is 38.4 Å². The zero-order valence-corrected chi connectivity index (χ0v) is 11.1. The van der Waals surface area contributed by atoms with E-state index in [1.165, 1.54) is 12.7 Å². The quantitative estimate of drug-likeness (QED) is 0.779. The van der Waals surface area contributed by atoms with Gasteiger partial charge in [-0.05, 0) is 31.8 Å². The van der Waals surface area contributed by atoms with Gasteiger partial charge in [0.2, 0.25) is 0 Å². The summed E-state index contributed by atoms with van der Waals surface area (Å²) in [7, 11) is 5.50. The van der Waals surface area contributed by atoms with Crippen LogP contribution >= 0.6 is 0 Å². The molecule has 0 saturated heterocycles. The van der Waals surface area contributed by atoms with Crippen LogP contribution in [0.1, 0.15) is 5.56 Å². The van der Waals surface area contributed by atoms with E-state index in [-0.39, 0.29) is 12.5 Å². The fourth-order valence-electron chi connectivity index (χ4n) is 1.59. The summed E-state index contributed by atoms with van der Waals surface area (Å²) in [6, 6.07) is 7.72. The SMILES string of the molecule is COC(CN)C(=O)Nc1ccc(CN(C)C)cc1. The van der Waals surface area contributed by atoms with Gasteiger partial charge in [0.25, 0.3) is 5.91 Å². The molecule has 1 rings (SSSR count). The molecule has 3 N–H and O–H groups in total. The second-order valence-corrected chi connectivity index (χ2v) is 4.38. The van der Waals surface area contributed by atoms with Gasteiger partial charge in [0.1, 0.15) is 6.10 Å². The Labute approximate surface area is 108 Å². The minimum Gasteiger partial charge on any atom is -0.370 e. The molecule has 1 aromatic rings. The Hall–Kier alpha value is -1.43. The lowest BCUT2D eigenvalue weighted by Gasteiger charge is -2.14. The smallest absolute Gasteiger partial charge is 0.254 e. The Balaban J connectivity index is 2.60. The van der Waals surface area contributed by atoms with Crippen LogP contribution in [0.25, 0.3) is 0 Å². The first-order chi connectivity index (χ1) is 8.56. The fraction of sp³-hybridized carbons (Fsp3) is 0.462. The minimum absolute atomic E-state index is 0.168. The van der Waals surface area contributed by atoms with Crippen LogP contribution in [0.4, 0.5) is 5.69 Å². The normalized spacial score (nSPS) is 12.5. The highest BCUT2D eigenvalue weighted by molar-refractivity contribution is 5.94. The molecular weight excluding hydrogens is 230 g/mol.